The molecule has 0 fully saturated rings. The molecule has 0 aliphatic carbocycles. The van der Waals surface area contributed by atoms with E-state index in [1.165, 1.54) is 0 Å². The van der Waals surface area contributed by atoms with Gasteiger partial charge in [-0.15, -0.1) is 10.2 Å². The predicted octanol–water partition coefficient (Wildman–Crippen LogP) is 2.79. The average Bonchev–Trinajstić information content (AvgIpc) is 2.82. The number of hydrogen-bond donors (Lipinski definition) is 1. The third-order valence-corrected chi connectivity index (χ3v) is 4.10. The molecule has 0 bridgehead atoms. The standard InChI is InChI=1S/C13H23N5S/c1-8(2)10-15-16-12-18(10)17-11(19-12)9(7-14)6-13(3,4)5/h8-9H,6-7,14H2,1-5H3. The Bertz CT molecular complexity index is 549. The lowest BCUT2D eigenvalue weighted by atomic mass is 9.85. The van der Waals surface area contributed by atoms with E-state index < -0.39 is 0 Å². The molecule has 106 valence electrons. The van der Waals surface area contributed by atoms with Gasteiger partial charge in [-0.05, 0) is 11.8 Å². The molecule has 2 aromatic rings. The summed E-state index contributed by atoms with van der Waals surface area (Å²) in [4.78, 5) is 0.867. The second-order valence-electron chi connectivity index (χ2n) is 6.54. The molecule has 0 spiro atoms. The van der Waals surface area contributed by atoms with Crippen LogP contribution < -0.4 is 5.73 Å². The summed E-state index contributed by atoms with van der Waals surface area (Å²) in [7, 11) is 0. The Labute approximate surface area is 118 Å². The van der Waals surface area contributed by atoms with Gasteiger partial charge in [-0.3, -0.25) is 0 Å². The Balaban J connectivity index is 2.34. The minimum atomic E-state index is 0.247. The van der Waals surface area contributed by atoms with Gasteiger partial charge in [0.05, 0.1) is 0 Å². The van der Waals surface area contributed by atoms with Gasteiger partial charge in [0.1, 0.15) is 5.01 Å². The summed E-state index contributed by atoms with van der Waals surface area (Å²) in [6, 6.07) is 0. The monoisotopic (exact) mass is 281 g/mol. The van der Waals surface area contributed by atoms with Gasteiger partial charge in [-0.2, -0.15) is 9.61 Å². The van der Waals surface area contributed by atoms with Crippen LogP contribution in [0.3, 0.4) is 0 Å². The maximum atomic E-state index is 5.92. The molecule has 6 heteroatoms. The normalized spacial score (nSPS) is 14.5. The number of nitrogens with zero attached hydrogens (tertiary/aromatic N) is 4. The van der Waals surface area contributed by atoms with Crippen molar-refractivity contribution in [1.82, 2.24) is 19.8 Å². The van der Waals surface area contributed by atoms with E-state index in [-0.39, 0.29) is 5.41 Å². The first-order valence-electron chi connectivity index (χ1n) is 6.74. The second-order valence-corrected chi connectivity index (χ2v) is 7.53. The fraction of sp³-hybridized carbons (Fsp3) is 0.769. The molecular weight excluding hydrogens is 258 g/mol. The molecule has 0 saturated heterocycles. The summed E-state index contributed by atoms with van der Waals surface area (Å²) < 4.78 is 1.87. The van der Waals surface area contributed by atoms with Gasteiger partial charge in [0.25, 0.3) is 0 Å². The SMILES string of the molecule is CC(C)c1nnc2sc(C(CN)CC(C)(C)C)nn12. The molecular formula is C13H23N5S. The van der Waals surface area contributed by atoms with Crippen molar-refractivity contribution in [3.8, 4) is 0 Å². The molecule has 0 aliphatic rings. The van der Waals surface area contributed by atoms with Crippen LogP contribution in [0.1, 0.15) is 63.7 Å². The van der Waals surface area contributed by atoms with Gasteiger partial charge in [-0.25, -0.2) is 0 Å². The van der Waals surface area contributed by atoms with Crippen LogP contribution in [0, 0.1) is 5.41 Å². The van der Waals surface area contributed by atoms with Crippen LogP contribution in [-0.2, 0) is 0 Å². The maximum absolute atomic E-state index is 5.92. The molecule has 19 heavy (non-hydrogen) atoms. The molecule has 5 nitrogen and oxygen atoms in total. The highest BCUT2D eigenvalue weighted by atomic mass is 32.1. The fourth-order valence-corrected chi connectivity index (χ4v) is 3.14. The minimum absolute atomic E-state index is 0.247. The van der Waals surface area contributed by atoms with Crippen molar-refractivity contribution in [3.63, 3.8) is 0 Å². The lowest BCUT2D eigenvalue weighted by Gasteiger charge is -2.23. The topological polar surface area (TPSA) is 69.1 Å². The maximum Gasteiger partial charge on any atom is 0.234 e. The first-order chi connectivity index (χ1) is 8.81. The first kappa shape index (κ1) is 14.4. The van der Waals surface area contributed by atoms with Crippen molar-refractivity contribution >= 4 is 16.3 Å². The first-order valence-corrected chi connectivity index (χ1v) is 7.55. The van der Waals surface area contributed by atoms with Crippen molar-refractivity contribution in [2.45, 2.75) is 52.9 Å². The minimum Gasteiger partial charge on any atom is -0.330 e. The molecule has 1 unspecified atom stereocenters. The number of rotatable bonds is 4. The average molecular weight is 281 g/mol. The van der Waals surface area contributed by atoms with Crippen molar-refractivity contribution in [3.05, 3.63) is 10.8 Å². The van der Waals surface area contributed by atoms with E-state index >= 15 is 0 Å². The van der Waals surface area contributed by atoms with E-state index in [9.17, 15) is 0 Å². The molecule has 2 heterocycles. The molecule has 0 amide bonds. The summed E-state index contributed by atoms with van der Waals surface area (Å²) in [6.45, 7) is 11.5. The summed E-state index contributed by atoms with van der Waals surface area (Å²) in [5.74, 6) is 1.54. The molecule has 2 aromatic heterocycles. The van der Waals surface area contributed by atoms with E-state index in [0.29, 0.717) is 18.4 Å². The number of hydrogen-bond acceptors (Lipinski definition) is 5. The molecule has 0 radical (unpaired) electrons. The lowest BCUT2D eigenvalue weighted by Crippen LogP contribution is -2.19. The summed E-state index contributed by atoms with van der Waals surface area (Å²) in [5.41, 5.74) is 6.17. The van der Waals surface area contributed by atoms with Gasteiger partial charge in [0, 0.05) is 18.4 Å². The molecule has 2 rings (SSSR count). The zero-order valence-corrected chi connectivity index (χ0v) is 13.2. The third kappa shape index (κ3) is 3.12. The Hall–Kier alpha value is -1.01. The Morgan fingerprint density at radius 3 is 2.47 bits per heavy atom. The van der Waals surface area contributed by atoms with Crippen LogP contribution in [-0.4, -0.2) is 26.4 Å². The Morgan fingerprint density at radius 1 is 1.26 bits per heavy atom. The summed E-state index contributed by atoms with van der Waals surface area (Å²) in [5, 5.41) is 14.1. The number of fused-ring (bicyclic) bond motifs is 1. The molecule has 1 atom stereocenters. The van der Waals surface area contributed by atoms with Crippen LogP contribution in [0.2, 0.25) is 0 Å². The highest BCUT2D eigenvalue weighted by Crippen LogP contribution is 2.33. The van der Waals surface area contributed by atoms with Gasteiger partial charge >= 0.3 is 0 Å². The van der Waals surface area contributed by atoms with Crippen molar-refractivity contribution in [2.24, 2.45) is 11.1 Å². The van der Waals surface area contributed by atoms with E-state index in [0.717, 1.165) is 22.2 Å². The van der Waals surface area contributed by atoms with Gasteiger partial charge in [-0.1, -0.05) is 46.0 Å². The quantitative estimate of drug-likeness (QED) is 0.935. The number of nitrogens with two attached hydrogens (primary N) is 1. The van der Waals surface area contributed by atoms with E-state index in [1.807, 2.05) is 4.52 Å². The summed E-state index contributed by atoms with van der Waals surface area (Å²) >= 11 is 1.61. The Kier molecular flexibility index (Phi) is 3.92. The number of aromatic nitrogens is 4. The van der Waals surface area contributed by atoms with Gasteiger partial charge < -0.3 is 5.73 Å². The smallest absolute Gasteiger partial charge is 0.234 e. The lowest BCUT2D eigenvalue weighted by molar-refractivity contribution is 0.340. The second kappa shape index (κ2) is 5.17. The van der Waals surface area contributed by atoms with Crippen molar-refractivity contribution in [1.29, 1.82) is 0 Å². The molecule has 0 saturated carbocycles. The molecule has 0 aromatic carbocycles. The third-order valence-electron chi connectivity index (χ3n) is 3.04. The van der Waals surface area contributed by atoms with Crippen LogP contribution in [0.5, 0.6) is 0 Å². The van der Waals surface area contributed by atoms with Crippen LogP contribution in [0.15, 0.2) is 0 Å². The van der Waals surface area contributed by atoms with E-state index in [4.69, 9.17) is 5.73 Å². The van der Waals surface area contributed by atoms with E-state index in [1.54, 1.807) is 11.3 Å². The van der Waals surface area contributed by atoms with Gasteiger partial charge in [0.2, 0.25) is 4.96 Å². The van der Waals surface area contributed by atoms with Crippen molar-refractivity contribution < 1.29 is 0 Å². The zero-order valence-electron chi connectivity index (χ0n) is 12.3. The van der Waals surface area contributed by atoms with Crippen LogP contribution in [0.4, 0.5) is 0 Å². The zero-order chi connectivity index (χ0) is 14.2. The Morgan fingerprint density at radius 2 is 1.95 bits per heavy atom. The fourth-order valence-electron chi connectivity index (χ4n) is 2.18. The predicted molar refractivity (Wildman–Crippen MR) is 78.6 cm³/mol. The van der Waals surface area contributed by atoms with Crippen LogP contribution in [0.25, 0.3) is 4.96 Å². The van der Waals surface area contributed by atoms with Crippen LogP contribution >= 0.6 is 11.3 Å². The molecule has 2 N–H and O–H groups in total. The highest BCUT2D eigenvalue weighted by molar-refractivity contribution is 7.16. The molecule has 0 aliphatic heterocycles. The largest absolute Gasteiger partial charge is 0.330 e. The van der Waals surface area contributed by atoms with Gasteiger partial charge in [0.15, 0.2) is 5.82 Å². The highest BCUT2D eigenvalue weighted by Gasteiger charge is 2.24. The van der Waals surface area contributed by atoms with Crippen molar-refractivity contribution in [2.75, 3.05) is 6.54 Å². The van der Waals surface area contributed by atoms with E-state index in [2.05, 4.69) is 49.9 Å². The summed E-state index contributed by atoms with van der Waals surface area (Å²) in [6.07, 6.45) is 1.03.